The first kappa shape index (κ1) is 14.0. The molecule has 0 aliphatic heterocycles. The molecular formula is C14H13BrClN3. The number of anilines is 1. The molecule has 2 N–H and O–H groups in total. The minimum atomic E-state index is 0.413. The van der Waals surface area contributed by atoms with Crippen molar-refractivity contribution in [3.63, 3.8) is 0 Å². The Kier molecular flexibility index (Phi) is 4.18. The maximum absolute atomic E-state index is 6.24. The summed E-state index contributed by atoms with van der Waals surface area (Å²) in [5.41, 5.74) is 7.64. The molecule has 1 heterocycles. The molecule has 0 saturated carbocycles. The first-order valence-electron chi connectivity index (χ1n) is 5.82. The number of benzene rings is 1. The minimum Gasteiger partial charge on any atom is -0.383 e. The van der Waals surface area contributed by atoms with Gasteiger partial charge < -0.3 is 10.3 Å². The normalized spacial score (nSPS) is 10.4. The molecule has 0 bridgehead atoms. The number of halogens is 2. The summed E-state index contributed by atoms with van der Waals surface area (Å²) in [4.78, 5) is 4.55. The number of terminal acetylenes is 1. The third-order valence-corrected chi connectivity index (χ3v) is 3.64. The van der Waals surface area contributed by atoms with E-state index in [1.165, 1.54) is 0 Å². The van der Waals surface area contributed by atoms with Crippen LogP contribution >= 0.6 is 27.5 Å². The summed E-state index contributed by atoms with van der Waals surface area (Å²) < 4.78 is 2.76. The summed E-state index contributed by atoms with van der Waals surface area (Å²) in [6.07, 6.45) is 6.13. The van der Waals surface area contributed by atoms with E-state index in [2.05, 4.69) is 26.8 Å². The van der Waals surface area contributed by atoms with Crippen molar-refractivity contribution in [3.8, 4) is 23.6 Å². The molecule has 2 rings (SSSR count). The van der Waals surface area contributed by atoms with Gasteiger partial charge in [0.15, 0.2) is 0 Å². The van der Waals surface area contributed by atoms with Crippen LogP contribution in [0.5, 0.6) is 0 Å². The molecule has 0 aliphatic rings. The van der Waals surface area contributed by atoms with Crippen LogP contribution in [-0.2, 0) is 13.0 Å². The third kappa shape index (κ3) is 2.63. The molecule has 0 radical (unpaired) electrons. The summed E-state index contributed by atoms with van der Waals surface area (Å²) in [6, 6.07) is 5.62. The molecule has 0 amide bonds. The Morgan fingerprint density at radius 1 is 1.53 bits per heavy atom. The van der Waals surface area contributed by atoms with Gasteiger partial charge in [-0.05, 0) is 12.1 Å². The fraction of sp³-hybridized carbons (Fsp3) is 0.214. The van der Waals surface area contributed by atoms with Gasteiger partial charge in [0.05, 0.1) is 11.6 Å². The maximum atomic E-state index is 6.24. The number of rotatable bonds is 3. The summed E-state index contributed by atoms with van der Waals surface area (Å²) in [5, 5.41) is 0.606. The van der Waals surface area contributed by atoms with Crippen molar-refractivity contribution < 1.29 is 0 Å². The van der Waals surface area contributed by atoms with Crippen molar-refractivity contribution in [1.29, 1.82) is 0 Å². The number of aryl methyl sites for hydroxylation is 1. The van der Waals surface area contributed by atoms with Gasteiger partial charge in [-0.15, -0.1) is 6.42 Å². The highest BCUT2D eigenvalue weighted by molar-refractivity contribution is 9.10. The molecular weight excluding hydrogens is 326 g/mol. The van der Waals surface area contributed by atoms with E-state index in [-0.39, 0.29) is 0 Å². The summed E-state index contributed by atoms with van der Waals surface area (Å²) >= 11 is 9.62. The lowest BCUT2D eigenvalue weighted by Gasteiger charge is -2.05. The lowest BCUT2D eigenvalue weighted by atomic mass is 10.1. The highest BCUT2D eigenvalue weighted by Crippen LogP contribution is 2.33. The SMILES string of the molecule is C#CCn1c(CC)nc(-c2ccc(Br)cc2Cl)c1N. The summed E-state index contributed by atoms with van der Waals surface area (Å²) in [6.45, 7) is 2.43. The second-order valence-electron chi connectivity index (χ2n) is 4.03. The molecule has 0 aliphatic carbocycles. The van der Waals surface area contributed by atoms with Crippen LogP contribution in [0, 0.1) is 12.3 Å². The standard InChI is InChI=1S/C14H13BrClN3/c1-3-7-19-12(4-2)18-13(14(19)17)10-6-5-9(15)8-11(10)16/h1,5-6,8H,4,7,17H2,2H3. The first-order chi connectivity index (χ1) is 9.08. The van der Waals surface area contributed by atoms with Crippen LogP contribution in [0.3, 0.4) is 0 Å². The Labute approximate surface area is 125 Å². The number of imidazole rings is 1. The monoisotopic (exact) mass is 337 g/mol. The van der Waals surface area contributed by atoms with Crippen molar-refractivity contribution in [2.45, 2.75) is 19.9 Å². The molecule has 98 valence electrons. The van der Waals surface area contributed by atoms with Crippen LogP contribution in [0.2, 0.25) is 5.02 Å². The van der Waals surface area contributed by atoms with E-state index in [0.29, 0.717) is 23.1 Å². The number of hydrogen-bond donors (Lipinski definition) is 1. The maximum Gasteiger partial charge on any atom is 0.132 e. The molecule has 2 aromatic rings. The predicted octanol–water partition coefficient (Wildman–Crippen LogP) is 3.74. The van der Waals surface area contributed by atoms with Gasteiger partial charge in [0, 0.05) is 16.5 Å². The molecule has 0 atom stereocenters. The fourth-order valence-electron chi connectivity index (χ4n) is 1.93. The van der Waals surface area contributed by atoms with E-state index in [1.807, 2.05) is 29.7 Å². The zero-order valence-corrected chi connectivity index (χ0v) is 12.8. The van der Waals surface area contributed by atoms with Crippen LogP contribution in [0.4, 0.5) is 5.82 Å². The fourth-order valence-corrected chi connectivity index (χ4v) is 2.69. The van der Waals surface area contributed by atoms with Gasteiger partial charge in [-0.2, -0.15) is 0 Å². The van der Waals surface area contributed by atoms with Gasteiger partial charge in [-0.25, -0.2) is 4.98 Å². The van der Waals surface area contributed by atoms with E-state index in [9.17, 15) is 0 Å². The summed E-state index contributed by atoms with van der Waals surface area (Å²) in [7, 11) is 0. The Bertz CT molecular complexity index is 655. The Morgan fingerprint density at radius 2 is 2.26 bits per heavy atom. The minimum absolute atomic E-state index is 0.413. The lowest BCUT2D eigenvalue weighted by molar-refractivity contribution is 0.769. The zero-order valence-electron chi connectivity index (χ0n) is 10.5. The molecule has 5 heteroatoms. The Hall–Kier alpha value is -1.44. The van der Waals surface area contributed by atoms with Crippen LogP contribution in [0.1, 0.15) is 12.7 Å². The van der Waals surface area contributed by atoms with Crippen molar-refractivity contribution >= 4 is 33.3 Å². The van der Waals surface area contributed by atoms with E-state index in [1.54, 1.807) is 0 Å². The van der Waals surface area contributed by atoms with Crippen LogP contribution in [-0.4, -0.2) is 9.55 Å². The highest BCUT2D eigenvalue weighted by Gasteiger charge is 2.16. The van der Waals surface area contributed by atoms with Gasteiger partial charge in [0.1, 0.15) is 17.3 Å². The average molecular weight is 339 g/mol. The van der Waals surface area contributed by atoms with Gasteiger partial charge >= 0.3 is 0 Å². The number of nitrogens with zero attached hydrogens (tertiary/aromatic N) is 2. The highest BCUT2D eigenvalue weighted by atomic mass is 79.9. The van der Waals surface area contributed by atoms with Crippen molar-refractivity contribution in [1.82, 2.24) is 9.55 Å². The molecule has 19 heavy (non-hydrogen) atoms. The third-order valence-electron chi connectivity index (χ3n) is 2.84. The number of hydrogen-bond acceptors (Lipinski definition) is 2. The molecule has 0 unspecified atom stereocenters. The zero-order chi connectivity index (χ0) is 14.0. The number of aromatic nitrogens is 2. The Balaban J connectivity index is 2.60. The van der Waals surface area contributed by atoms with E-state index in [4.69, 9.17) is 23.8 Å². The number of nitrogens with two attached hydrogens (primary N) is 1. The van der Waals surface area contributed by atoms with Gasteiger partial charge in [0.25, 0.3) is 0 Å². The lowest BCUT2D eigenvalue weighted by Crippen LogP contribution is -2.05. The van der Waals surface area contributed by atoms with Crippen LogP contribution in [0.15, 0.2) is 22.7 Å². The van der Waals surface area contributed by atoms with Gasteiger partial charge in [-0.3, -0.25) is 0 Å². The predicted molar refractivity (Wildman–Crippen MR) is 83.0 cm³/mol. The van der Waals surface area contributed by atoms with Gasteiger partial charge in [-0.1, -0.05) is 46.4 Å². The molecule has 1 aromatic carbocycles. The van der Waals surface area contributed by atoms with Crippen molar-refractivity contribution in [3.05, 3.63) is 33.5 Å². The molecule has 0 saturated heterocycles. The van der Waals surface area contributed by atoms with Gasteiger partial charge in [0.2, 0.25) is 0 Å². The molecule has 1 aromatic heterocycles. The van der Waals surface area contributed by atoms with Crippen molar-refractivity contribution in [2.75, 3.05) is 5.73 Å². The largest absolute Gasteiger partial charge is 0.383 e. The Morgan fingerprint density at radius 3 is 2.84 bits per heavy atom. The van der Waals surface area contributed by atoms with E-state index in [0.717, 1.165) is 22.3 Å². The summed E-state index contributed by atoms with van der Waals surface area (Å²) in [5.74, 6) is 4.01. The van der Waals surface area contributed by atoms with E-state index >= 15 is 0 Å². The second-order valence-corrected chi connectivity index (χ2v) is 5.35. The first-order valence-corrected chi connectivity index (χ1v) is 6.99. The molecule has 0 fully saturated rings. The number of nitrogen functional groups attached to an aromatic ring is 1. The molecule has 3 nitrogen and oxygen atoms in total. The van der Waals surface area contributed by atoms with Crippen molar-refractivity contribution in [2.24, 2.45) is 0 Å². The quantitative estimate of drug-likeness (QED) is 0.866. The van der Waals surface area contributed by atoms with Crippen LogP contribution < -0.4 is 5.73 Å². The topological polar surface area (TPSA) is 43.8 Å². The average Bonchev–Trinajstić information content (AvgIpc) is 2.68. The van der Waals surface area contributed by atoms with E-state index < -0.39 is 0 Å². The second kappa shape index (κ2) is 5.68. The molecule has 0 spiro atoms. The smallest absolute Gasteiger partial charge is 0.132 e. The van der Waals surface area contributed by atoms with Crippen LogP contribution in [0.25, 0.3) is 11.3 Å².